The molecule has 2 fully saturated rings. The lowest BCUT2D eigenvalue weighted by Gasteiger charge is -2.24. The van der Waals surface area contributed by atoms with Crippen LogP contribution in [-0.2, 0) is 11.2 Å². The second-order valence-electron chi connectivity index (χ2n) is 10.6. The van der Waals surface area contributed by atoms with Gasteiger partial charge in [0.15, 0.2) is 5.82 Å². The van der Waals surface area contributed by atoms with E-state index in [2.05, 4.69) is 15.0 Å². The number of pyridine rings is 1. The highest BCUT2D eigenvalue weighted by Gasteiger charge is 2.30. The van der Waals surface area contributed by atoms with Gasteiger partial charge in [-0.05, 0) is 54.8 Å². The molecule has 2 aliphatic heterocycles. The highest BCUT2D eigenvalue weighted by Crippen LogP contribution is 2.38. The number of alkyl halides is 1. The molecule has 1 N–H and O–H groups in total. The summed E-state index contributed by atoms with van der Waals surface area (Å²) in [5, 5.41) is 12.6. The van der Waals surface area contributed by atoms with Gasteiger partial charge in [-0.1, -0.05) is 25.1 Å². The van der Waals surface area contributed by atoms with Crippen LogP contribution in [0, 0.1) is 5.82 Å². The van der Waals surface area contributed by atoms with Crippen molar-refractivity contribution in [2.75, 3.05) is 51.4 Å². The Bertz CT molecular complexity index is 1540. The standard InChI is InChI=1S/C30H33F2N5O3/c1-3-18-6-4-7-19-12-22(38)14-23(25(18)19)27-26(32)28-24(15-33-27)29(37-8-5-10-39-11-9-37)35-30(34-28)40-17-21-13-20(31)16-36(21)2/h4,6-7,12,14-15,20-21,38H,3,5,8-11,13,16-17H2,1-2H3/t20-,21+/m1/s1. The number of ether oxygens (including phenoxy) is 2. The highest BCUT2D eigenvalue weighted by molar-refractivity contribution is 6.01. The number of halogens is 2. The van der Waals surface area contributed by atoms with Crippen LogP contribution in [0.2, 0.25) is 0 Å². The van der Waals surface area contributed by atoms with Crippen molar-refractivity contribution in [2.24, 2.45) is 0 Å². The summed E-state index contributed by atoms with van der Waals surface area (Å²) in [6.07, 6.45) is 2.60. The first-order valence-corrected chi connectivity index (χ1v) is 13.8. The van der Waals surface area contributed by atoms with E-state index in [9.17, 15) is 9.50 Å². The summed E-state index contributed by atoms with van der Waals surface area (Å²) in [6, 6.07) is 8.96. The van der Waals surface area contributed by atoms with Crippen molar-refractivity contribution in [2.45, 2.75) is 38.4 Å². The number of rotatable bonds is 6. The van der Waals surface area contributed by atoms with E-state index in [1.54, 1.807) is 18.3 Å². The first-order valence-electron chi connectivity index (χ1n) is 13.8. The Morgan fingerprint density at radius 2 is 2.05 bits per heavy atom. The molecule has 0 spiro atoms. The van der Waals surface area contributed by atoms with Gasteiger partial charge in [0.25, 0.3) is 0 Å². The maximum absolute atomic E-state index is 16.5. The average molecular weight is 550 g/mol. The molecular weight excluding hydrogens is 516 g/mol. The van der Waals surface area contributed by atoms with Gasteiger partial charge in [0.2, 0.25) is 0 Å². The number of anilines is 1. The number of aromatic nitrogens is 3. The third-order valence-electron chi connectivity index (χ3n) is 7.89. The molecule has 2 atom stereocenters. The first-order chi connectivity index (χ1) is 19.4. The maximum atomic E-state index is 16.5. The van der Waals surface area contributed by atoms with Crippen molar-refractivity contribution in [1.29, 1.82) is 0 Å². The molecule has 4 heterocycles. The second kappa shape index (κ2) is 11.1. The Morgan fingerprint density at radius 1 is 1.18 bits per heavy atom. The van der Waals surface area contributed by atoms with Gasteiger partial charge in [-0.2, -0.15) is 9.97 Å². The summed E-state index contributed by atoms with van der Waals surface area (Å²) in [6.45, 7) is 5.02. The minimum absolute atomic E-state index is 0.0286. The fourth-order valence-electron chi connectivity index (χ4n) is 5.82. The average Bonchev–Trinajstić information content (AvgIpc) is 3.11. The van der Waals surface area contributed by atoms with Crippen molar-refractivity contribution in [1.82, 2.24) is 19.9 Å². The molecule has 2 aliphatic rings. The predicted octanol–water partition coefficient (Wildman–Crippen LogP) is 4.90. The molecule has 0 amide bonds. The van der Waals surface area contributed by atoms with Crippen molar-refractivity contribution in [3.05, 3.63) is 47.9 Å². The Morgan fingerprint density at radius 3 is 2.85 bits per heavy atom. The van der Waals surface area contributed by atoms with Crippen molar-refractivity contribution >= 4 is 27.5 Å². The van der Waals surface area contributed by atoms with E-state index >= 15 is 4.39 Å². The fourth-order valence-corrected chi connectivity index (χ4v) is 5.82. The van der Waals surface area contributed by atoms with Crippen molar-refractivity contribution < 1.29 is 23.4 Å². The van der Waals surface area contributed by atoms with E-state index in [0.29, 0.717) is 56.0 Å². The Hall–Kier alpha value is -3.63. The summed E-state index contributed by atoms with van der Waals surface area (Å²) < 4.78 is 42.1. The molecule has 6 rings (SSSR count). The molecule has 0 saturated carbocycles. The van der Waals surface area contributed by atoms with Crippen LogP contribution < -0.4 is 9.64 Å². The number of aryl methyl sites for hydroxylation is 1. The number of phenols is 1. The number of hydrogen-bond donors (Lipinski definition) is 1. The zero-order valence-corrected chi connectivity index (χ0v) is 22.7. The van der Waals surface area contributed by atoms with Crippen LogP contribution in [0.4, 0.5) is 14.6 Å². The molecule has 0 radical (unpaired) electrons. The summed E-state index contributed by atoms with van der Waals surface area (Å²) in [7, 11) is 1.86. The molecule has 2 saturated heterocycles. The van der Waals surface area contributed by atoms with Crippen LogP contribution in [0.25, 0.3) is 32.9 Å². The monoisotopic (exact) mass is 549 g/mol. The lowest BCUT2D eigenvalue weighted by Crippen LogP contribution is -2.31. The fraction of sp³-hybridized carbons (Fsp3) is 0.433. The van der Waals surface area contributed by atoms with Crippen molar-refractivity contribution in [3.63, 3.8) is 0 Å². The Kier molecular flexibility index (Phi) is 7.37. The van der Waals surface area contributed by atoms with Crippen molar-refractivity contribution in [3.8, 4) is 23.0 Å². The largest absolute Gasteiger partial charge is 0.508 e. The van der Waals surface area contributed by atoms with Crippen LogP contribution in [0.1, 0.15) is 25.3 Å². The number of fused-ring (bicyclic) bond motifs is 2. The third-order valence-corrected chi connectivity index (χ3v) is 7.89. The summed E-state index contributed by atoms with van der Waals surface area (Å²) in [5.74, 6) is -0.0563. The minimum atomic E-state index is -0.903. The lowest BCUT2D eigenvalue weighted by molar-refractivity contribution is 0.152. The minimum Gasteiger partial charge on any atom is -0.508 e. The lowest BCUT2D eigenvalue weighted by atomic mass is 9.95. The third kappa shape index (κ3) is 5.01. The maximum Gasteiger partial charge on any atom is 0.319 e. The Balaban J connectivity index is 1.49. The molecule has 8 nitrogen and oxygen atoms in total. The zero-order valence-electron chi connectivity index (χ0n) is 22.7. The van der Waals surface area contributed by atoms with E-state index in [1.807, 2.05) is 42.0 Å². The molecule has 4 aromatic rings. The van der Waals surface area contributed by atoms with E-state index in [-0.39, 0.29) is 35.6 Å². The molecule has 0 aliphatic carbocycles. The van der Waals surface area contributed by atoms with Gasteiger partial charge in [0.05, 0.1) is 12.0 Å². The van der Waals surface area contributed by atoms with Gasteiger partial charge in [0, 0.05) is 44.0 Å². The molecule has 2 aromatic carbocycles. The zero-order chi connectivity index (χ0) is 27.8. The smallest absolute Gasteiger partial charge is 0.319 e. The summed E-state index contributed by atoms with van der Waals surface area (Å²) >= 11 is 0. The van der Waals surface area contributed by atoms with Crippen LogP contribution in [0.15, 0.2) is 36.5 Å². The molecule has 40 heavy (non-hydrogen) atoms. The van der Waals surface area contributed by atoms with Crippen LogP contribution in [0.5, 0.6) is 11.8 Å². The SMILES string of the molecule is CCc1cccc2cc(O)cc(-c3ncc4c(N5CCCOCC5)nc(OC[C@@H]5C[C@@H](F)CN5C)nc4c3F)c12. The number of likely N-dealkylation sites (tertiary alicyclic amines) is 1. The summed E-state index contributed by atoms with van der Waals surface area (Å²) in [5.41, 5.74) is 1.71. The number of nitrogens with zero attached hydrogens (tertiary/aromatic N) is 5. The second-order valence-corrected chi connectivity index (χ2v) is 10.6. The Labute approximate surface area is 231 Å². The first kappa shape index (κ1) is 26.6. The molecular formula is C30H33F2N5O3. The van der Waals surface area contributed by atoms with E-state index in [0.717, 1.165) is 29.2 Å². The molecule has 0 unspecified atom stereocenters. The van der Waals surface area contributed by atoms with Crippen LogP contribution in [-0.4, -0.2) is 83.7 Å². The van der Waals surface area contributed by atoms with E-state index in [4.69, 9.17) is 9.47 Å². The van der Waals surface area contributed by atoms with Gasteiger partial charge in [-0.3, -0.25) is 9.88 Å². The van der Waals surface area contributed by atoms with Gasteiger partial charge in [0.1, 0.15) is 35.6 Å². The number of aromatic hydroxyl groups is 1. The van der Waals surface area contributed by atoms with E-state index in [1.165, 1.54) is 0 Å². The summed E-state index contributed by atoms with van der Waals surface area (Å²) in [4.78, 5) is 17.7. The van der Waals surface area contributed by atoms with Gasteiger partial charge in [-0.25, -0.2) is 8.78 Å². The van der Waals surface area contributed by atoms with Crippen LogP contribution in [0.3, 0.4) is 0 Å². The molecule has 210 valence electrons. The molecule has 2 aromatic heterocycles. The van der Waals surface area contributed by atoms with Gasteiger partial charge in [-0.15, -0.1) is 0 Å². The number of benzene rings is 2. The predicted molar refractivity (Wildman–Crippen MR) is 150 cm³/mol. The van der Waals surface area contributed by atoms with Gasteiger partial charge < -0.3 is 19.5 Å². The normalized spacial score (nSPS) is 20.4. The topological polar surface area (TPSA) is 83.8 Å². The van der Waals surface area contributed by atoms with E-state index < -0.39 is 12.0 Å². The quantitative estimate of drug-likeness (QED) is 0.364. The number of likely N-dealkylation sites (N-methyl/N-ethyl adjacent to an activating group) is 1. The van der Waals surface area contributed by atoms with Gasteiger partial charge >= 0.3 is 6.01 Å². The van der Waals surface area contributed by atoms with Crippen LogP contribution >= 0.6 is 0 Å². The number of hydrogen-bond acceptors (Lipinski definition) is 8. The molecule has 0 bridgehead atoms. The highest BCUT2D eigenvalue weighted by atomic mass is 19.1. The molecule has 10 heteroatoms. The number of phenolic OH excluding ortho intramolecular Hbond substituents is 1.